The maximum absolute atomic E-state index is 12.9. The van der Waals surface area contributed by atoms with E-state index in [4.69, 9.17) is 4.42 Å². The van der Waals surface area contributed by atoms with Crippen molar-refractivity contribution in [3.05, 3.63) is 76.8 Å². The van der Waals surface area contributed by atoms with Gasteiger partial charge >= 0.3 is 0 Å². The maximum Gasteiger partial charge on any atom is 0.252 e. The molecule has 0 aliphatic carbocycles. The number of ketones is 1. The van der Waals surface area contributed by atoms with Gasteiger partial charge in [-0.1, -0.05) is 0 Å². The van der Waals surface area contributed by atoms with E-state index in [-0.39, 0.29) is 11.0 Å². The van der Waals surface area contributed by atoms with Gasteiger partial charge in [-0.05, 0) is 56.8 Å². The molecule has 3 aromatic heterocycles. The first-order valence-electron chi connectivity index (χ1n) is 8.05. The van der Waals surface area contributed by atoms with Gasteiger partial charge in [-0.25, -0.2) is 0 Å². The van der Waals surface area contributed by atoms with Gasteiger partial charge in [0.15, 0.2) is 12.0 Å². The van der Waals surface area contributed by atoms with Gasteiger partial charge in [0.25, 0.3) is 5.03 Å². The predicted molar refractivity (Wildman–Crippen MR) is 96.8 cm³/mol. The number of thioether (sulfide) groups is 1. The molecule has 3 aromatic rings. The Kier molecular flexibility index (Phi) is 4.99. The molecule has 3 rings (SSSR count). The number of pyridine rings is 1. The molecule has 0 aromatic carbocycles. The fourth-order valence-corrected chi connectivity index (χ4v) is 3.73. The van der Waals surface area contributed by atoms with Gasteiger partial charge < -0.3 is 14.2 Å². The van der Waals surface area contributed by atoms with Crippen molar-refractivity contribution >= 4 is 17.5 Å². The van der Waals surface area contributed by atoms with Crippen molar-refractivity contribution in [3.8, 4) is 0 Å². The lowest BCUT2D eigenvalue weighted by Crippen LogP contribution is -2.29. The highest BCUT2D eigenvalue weighted by molar-refractivity contribution is 8.00. The molecule has 0 saturated heterocycles. The molecule has 0 unspecified atom stereocenters. The van der Waals surface area contributed by atoms with Crippen LogP contribution in [-0.4, -0.2) is 15.6 Å². The Hall–Kier alpha value is -2.47. The quantitative estimate of drug-likeness (QED) is 0.292. The van der Waals surface area contributed by atoms with Crippen LogP contribution >= 0.6 is 11.8 Å². The van der Waals surface area contributed by atoms with Crippen LogP contribution in [0.1, 0.15) is 34.4 Å². The van der Waals surface area contributed by atoms with E-state index in [0.717, 1.165) is 21.9 Å². The number of carbonyl (C=O) groups is 1. The fourth-order valence-electron chi connectivity index (χ4n) is 2.81. The number of hydrogen-bond donors (Lipinski definition) is 0. The Labute approximate surface area is 150 Å². The molecular formula is C19H20N2O3S. The van der Waals surface area contributed by atoms with Gasteiger partial charge in [0.2, 0.25) is 0 Å². The van der Waals surface area contributed by atoms with E-state index in [1.807, 2.05) is 39.0 Å². The highest BCUT2D eigenvalue weighted by Crippen LogP contribution is 2.26. The van der Waals surface area contributed by atoms with Crippen LogP contribution in [0.2, 0.25) is 0 Å². The fraction of sp³-hybridized carbons (Fsp3) is 0.263. The highest BCUT2D eigenvalue weighted by atomic mass is 32.2. The third kappa shape index (κ3) is 3.64. The number of carbonyl (C=O) groups excluding carboxylic acids is 1. The van der Waals surface area contributed by atoms with E-state index in [0.29, 0.717) is 17.1 Å². The summed E-state index contributed by atoms with van der Waals surface area (Å²) in [7, 11) is 0. The van der Waals surface area contributed by atoms with Crippen molar-refractivity contribution < 1.29 is 13.9 Å². The van der Waals surface area contributed by atoms with Gasteiger partial charge in [0.05, 0.1) is 18.1 Å². The van der Waals surface area contributed by atoms with E-state index in [1.54, 1.807) is 24.5 Å². The number of rotatable bonds is 6. The second-order valence-corrected chi connectivity index (χ2v) is 7.30. The minimum absolute atomic E-state index is 0.0210. The minimum Gasteiger partial charge on any atom is -0.618 e. The van der Waals surface area contributed by atoms with Crippen molar-refractivity contribution in [2.75, 3.05) is 0 Å². The third-order valence-corrected chi connectivity index (χ3v) is 5.31. The average Bonchev–Trinajstić information content (AvgIpc) is 3.20. The van der Waals surface area contributed by atoms with Gasteiger partial charge in [-0.2, -0.15) is 4.73 Å². The van der Waals surface area contributed by atoms with Crippen LogP contribution in [0.4, 0.5) is 0 Å². The summed E-state index contributed by atoms with van der Waals surface area (Å²) >= 11 is 1.28. The summed E-state index contributed by atoms with van der Waals surface area (Å²) in [4.78, 5) is 12.9. The number of aromatic nitrogens is 2. The Balaban J connectivity index is 1.81. The van der Waals surface area contributed by atoms with Crippen molar-refractivity contribution in [2.45, 2.75) is 37.6 Å². The van der Waals surface area contributed by atoms with Crippen LogP contribution in [-0.2, 0) is 6.54 Å². The second kappa shape index (κ2) is 7.19. The van der Waals surface area contributed by atoms with Crippen LogP contribution in [0, 0.1) is 19.1 Å². The lowest BCUT2D eigenvalue weighted by molar-refractivity contribution is -0.645. The lowest BCUT2D eigenvalue weighted by atomic mass is 10.1. The summed E-state index contributed by atoms with van der Waals surface area (Å²) in [6.45, 7) is 6.35. The Morgan fingerprint density at radius 3 is 2.80 bits per heavy atom. The molecule has 0 fully saturated rings. The van der Waals surface area contributed by atoms with Crippen molar-refractivity contribution in [1.82, 2.24) is 4.57 Å². The molecule has 0 saturated carbocycles. The van der Waals surface area contributed by atoms with E-state index >= 15 is 0 Å². The molecule has 5 nitrogen and oxygen atoms in total. The predicted octanol–water partition coefficient (Wildman–Crippen LogP) is 3.74. The van der Waals surface area contributed by atoms with Crippen LogP contribution in [0.15, 0.2) is 58.3 Å². The molecule has 0 amide bonds. The van der Waals surface area contributed by atoms with E-state index in [9.17, 15) is 10.0 Å². The monoisotopic (exact) mass is 356 g/mol. The van der Waals surface area contributed by atoms with Gasteiger partial charge in [-0.15, -0.1) is 0 Å². The Bertz CT molecular complexity index is 884. The van der Waals surface area contributed by atoms with Crippen LogP contribution in [0.5, 0.6) is 0 Å². The molecule has 3 heterocycles. The summed E-state index contributed by atoms with van der Waals surface area (Å²) in [5.74, 6) is 0.868. The molecule has 0 aliphatic rings. The summed E-state index contributed by atoms with van der Waals surface area (Å²) in [5.41, 5.74) is 2.61. The molecule has 1 atom stereocenters. The zero-order valence-electron chi connectivity index (χ0n) is 14.4. The van der Waals surface area contributed by atoms with E-state index in [2.05, 4.69) is 4.57 Å². The van der Waals surface area contributed by atoms with Crippen molar-refractivity contribution in [1.29, 1.82) is 0 Å². The molecule has 0 N–H and O–H groups in total. The number of aryl methyl sites for hydroxylation is 1. The summed E-state index contributed by atoms with van der Waals surface area (Å²) in [5, 5.41) is 12.0. The molecule has 25 heavy (non-hydrogen) atoms. The molecule has 0 spiro atoms. The van der Waals surface area contributed by atoms with Crippen LogP contribution in [0.3, 0.4) is 0 Å². The van der Waals surface area contributed by atoms with Gasteiger partial charge in [0, 0.05) is 29.1 Å². The van der Waals surface area contributed by atoms with Gasteiger partial charge in [-0.3, -0.25) is 4.79 Å². The van der Waals surface area contributed by atoms with Crippen molar-refractivity contribution in [3.63, 3.8) is 0 Å². The largest absolute Gasteiger partial charge is 0.618 e. The SMILES string of the molecule is Cc1cc(C(=O)[C@@H](C)Sc2cccc[n+]2[O-])c(C)n1Cc1ccco1. The first-order chi connectivity index (χ1) is 12.0. The summed E-state index contributed by atoms with van der Waals surface area (Å²) in [6, 6.07) is 10.9. The Morgan fingerprint density at radius 1 is 1.32 bits per heavy atom. The third-order valence-electron chi connectivity index (χ3n) is 4.19. The standard InChI is InChI=1S/C19H20N2O3S/c1-13-11-17(14(2)20(13)12-16-7-6-10-24-16)19(22)15(3)25-18-8-4-5-9-21(18)23/h4-11,15H,12H2,1-3H3/t15-/m1/s1. The second-order valence-electron chi connectivity index (χ2n) is 5.94. The maximum atomic E-state index is 12.9. The number of hydrogen-bond acceptors (Lipinski definition) is 4. The molecular weight excluding hydrogens is 336 g/mol. The van der Waals surface area contributed by atoms with E-state index < -0.39 is 0 Å². The van der Waals surface area contributed by atoms with Crippen molar-refractivity contribution in [2.24, 2.45) is 0 Å². The molecule has 0 aliphatic heterocycles. The normalized spacial score (nSPS) is 12.3. The highest BCUT2D eigenvalue weighted by Gasteiger charge is 2.24. The van der Waals surface area contributed by atoms with Gasteiger partial charge in [0.1, 0.15) is 5.76 Å². The molecule has 0 radical (unpaired) electrons. The van der Waals surface area contributed by atoms with Crippen LogP contribution < -0.4 is 4.73 Å². The lowest BCUT2D eigenvalue weighted by Gasteiger charge is -2.11. The van der Waals surface area contributed by atoms with Crippen LogP contribution in [0.25, 0.3) is 0 Å². The van der Waals surface area contributed by atoms with E-state index in [1.165, 1.54) is 18.0 Å². The zero-order valence-corrected chi connectivity index (χ0v) is 15.2. The zero-order chi connectivity index (χ0) is 18.0. The number of nitrogens with zero attached hydrogens (tertiary/aromatic N) is 2. The summed E-state index contributed by atoms with van der Waals surface area (Å²) in [6.07, 6.45) is 3.08. The molecule has 130 valence electrons. The number of furan rings is 1. The number of Topliss-reactive ketones (excluding diaryl/α,β-unsaturated/α-hetero) is 1. The smallest absolute Gasteiger partial charge is 0.252 e. The first-order valence-corrected chi connectivity index (χ1v) is 8.93. The minimum atomic E-state index is -0.347. The topological polar surface area (TPSA) is 62.1 Å². The Morgan fingerprint density at radius 2 is 2.12 bits per heavy atom. The average molecular weight is 356 g/mol. The summed E-state index contributed by atoms with van der Waals surface area (Å²) < 4.78 is 8.26. The molecule has 0 bridgehead atoms. The first kappa shape index (κ1) is 17.4. The molecule has 6 heteroatoms.